The molecule has 41 heavy (non-hydrogen) atoms. The summed E-state index contributed by atoms with van der Waals surface area (Å²) in [5.41, 5.74) is 0.824. The summed E-state index contributed by atoms with van der Waals surface area (Å²) in [6, 6.07) is 7.41. The van der Waals surface area contributed by atoms with Gasteiger partial charge in [0.05, 0.1) is 35.3 Å². The topological polar surface area (TPSA) is 130 Å². The third kappa shape index (κ3) is 6.58. The SMILES string of the molecule is O=C(CN1Cc2ccc(-c3nc(NC4CCOCC4)ncc3Cl)cc2C1=O)NC(CO)c1cccc(C(F)(F)F)n1. The number of carbonyl (C=O) groups excluding carboxylic acids is 2. The van der Waals surface area contributed by atoms with Gasteiger partial charge >= 0.3 is 6.18 Å². The zero-order valence-electron chi connectivity index (χ0n) is 21.6. The highest BCUT2D eigenvalue weighted by molar-refractivity contribution is 6.33. The monoisotopic (exact) mass is 590 g/mol. The number of benzene rings is 1. The molecule has 4 heterocycles. The van der Waals surface area contributed by atoms with Crippen molar-refractivity contribution >= 4 is 29.4 Å². The van der Waals surface area contributed by atoms with Crippen molar-refractivity contribution in [2.45, 2.75) is 37.6 Å². The van der Waals surface area contributed by atoms with Crippen LogP contribution in [-0.4, -0.2) is 69.2 Å². The second kappa shape index (κ2) is 12.0. The maximum atomic E-state index is 13.2. The number of alkyl halides is 3. The number of rotatable bonds is 8. The normalized spacial score (nSPS) is 16.4. The molecule has 1 atom stereocenters. The molecule has 0 radical (unpaired) electrons. The third-order valence-electron chi connectivity index (χ3n) is 6.83. The summed E-state index contributed by atoms with van der Waals surface area (Å²) in [4.78, 5) is 39.6. The van der Waals surface area contributed by atoms with Gasteiger partial charge in [-0.15, -0.1) is 0 Å². The van der Waals surface area contributed by atoms with E-state index >= 15 is 0 Å². The van der Waals surface area contributed by atoms with E-state index in [9.17, 15) is 27.9 Å². The van der Waals surface area contributed by atoms with E-state index in [1.165, 1.54) is 17.2 Å². The number of pyridine rings is 1. The number of aliphatic hydroxyl groups excluding tert-OH is 1. The summed E-state index contributed by atoms with van der Waals surface area (Å²) in [5, 5.41) is 15.8. The van der Waals surface area contributed by atoms with E-state index in [0.29, 0.717) is 46.6 Å². The van der Waals surface area contributed by atoms with Crippen LogP contribution in [0, 0.1) is 0 Å². The molecule has 10 nitrogen and oxygen atoms in total. The van der Waals surface area contributed by atoms with Gasteiger partial charge in [-0.25, -0.2) is 15.0 Å². The summed E-state index contributed by atoms with van der Waals surface area (Å²) in [5.74, 6) is -0.650. The minimum absolute atomic E-state index is 0.149. The maximum Gasteiger partial charge on any atom is 0.433 e. The number of hydrogen-bond acceptors (Lipinski definition) is 8. The number of anilines is 1. The Bertz CT molecular complexity index is 1450. The van der Waals surface area contributed by atoms with E-state index < -0.39 is 36.3 Å². The third-order valence-corrected chi connectivity index (χ3v) is 7.11. The van der Waals surface area contributed by atoms with E-state index in [2.05, 4.69) is 25.6 Å². The first-order valence-corrected chi connectivity index (χ1v) is 13.2. The number of aliphatic hydroxyl groups is 1. The van der Waals surface area contributed by atoms with Gasteiger partial charge in [0.25, 0.3) is 5.91 Å². The van der Waals surface area contributed by atoms with Crippen molar-refractivity contribution in [1.29, 1.82) is 0 Å². The predicted octanol–water partition coefficient (Wildman–Crippen LogP) is 3.61. The van der Waals surface area contributed by atoms with Crippen LogP contribution in [0.1, 0.15) is 46.2 Å². The van der Waals surface area contributed by atoms with Gasteiger partial charge in [-0.2, -0.15) is 13.2 Å². The highest BCUT2D eigenvalue weighted by Crippen LogP contribution is 2.32. The van der Waals surface area contributed by atoms with Crippen LogP contribution in [0.25, 0.3) is 11.3 Å². The van der Waals surface area contributed by atoms with Gasteiger partial charge in [-0.05, 0) is 36.6 Å². The summed E-state index contributed by atoms with van der Waals surface area (Å²) < 4.78 is 44.5. The van der Waals surface area contributed by atoms with Crippen molar-refractivity contribution in [2.24, 2.45) is 0 Å². The summed E-state index contributed by atoms with van der Waals surface area (Å²) in [6.07, 6.45) is -1.53. The second-order valence-corrected chi connectivity index (χ2v) is 10.1. The van der Waals surface area contributed by atoms with Crippen LogP contribution in [0.5, 0.6) is 0 Å². The van der Waals surface area contributed by atoms with Crippen molar-refractivity contribution in [3.63, 3.8) is 0 Å². The van der Waals surface area contributed by atoms with Gasteiger partial charge in [0.15, 0.2) is 0 Å². The van der Waals surface area contributed by atoms with Gasteiger partial charge < -0.3 is 25.4 Å². The summed E-state index contributed by atoms with van der Waals surface area (Å²) in [7, 11) is 0. The number of amides is 2. The number of halogens is 4. The fourth-order valence-electron chi connectivity index (χ4n) is 4.73. The molecule has 2 aliphatic heterocycles. The molecule has 2 amide bonds. The molecule has 216 valence electrons. The first-order chi connectivity index (χ1) is 19.6. The molecule has 14 heteroatoms. The van der Waals surface area contributed by atoms with Crippen LogP contribution in [0.4, 0.5) is 19.1 Å². The fraction of sp³-hybridized carbons (Fsp3) is 0.370. The first kappa shape index (κ1) is 28.7. The van der Waals surface area contributed by atoms with Gasteiger partial charge in [0.1, 0.15) is 12.2 Å². The minimum Gasteiger partial charge on any atom is -0.394 e. The van der Waals surface area contributed by atoms with Gasteiger partial charge in [0, 0.05) is 36.9 Å². The van der Waals surface area contributed by atoms with Crippen molar-refractivity contribution in [3.8, 4) is 11.3 Å². The van der Waals surface area contributed by atoms with Crippen molar-refractivity contribution in [3.05, 3.63) is 70.1 Å². The second-order valence-electron chi connectivity index (χ2n) is 9.70. The van der Waals surface area contributed by atoms with Crippen LogP contribution in [0.3, 0.4) is 0 Å². The van der Waals surface area contributed by atoms with Crippen molar-refractivity contribution < 1.29 is 32.6 Å². The summed E-state index contributed by atoms with van der Waals surface area (Å²) >= 11 is 6.40. The lowest BCUT2D eigenvalue weighted by Crippen LogP contribution is -2.40. The largest absolute Gasteiger partial charge is 0.433 e. The Morgan fingerprint density at radius 1 is 1.20 bits per heavy atom. The quantitative estimate of drug-likeness (QED) is 0.363. The van der Waals surface area contributed by atoms with E-state index in [1.807, 2.05) is 0 Å². The average Bonchev–Trinajstić information content (AvgIpc) is 3.27. The molecule has 2 aromatic heterocycles. The van der Waals surface area contributed by atoms with E-state index in [4.69, 9.17) is 16.3 Å². The van der Waals surface area contributed by atoms with E-state index in [0.717, 1.165) is 25.0 Å². The average molecular weight is 591 g/mol. The Balaban J connectivity index is 1.27. The van der Waals surface area contributed by atoms with Crippen LogP contribution >= 0.6 is 11.6 Å². The zero-order chi connectivity index (χ0) is 29.1. The molecular weight excluding hydrogens is 565 g/mol. The molecule has 1 fully saturated rings. The molecule has 0 spiro atoms. The van der Waals surface area contributed by atoms with E-state index in [1.54, 1.807) is 18.2 Å². The molecular formula is C27H26ClF3N6O4. The molecule has 3 N–H and O–H groups in total. The lowest BCUT2D eigenvalue weighted by Gasteiger charge is -2.23. The first-order valence-electron chi connectivity index (χ1n) is 12.9. The van der Waals surface area contributed by atoms with Gasteiger partial charge in [-0.1, -0.05) is 29.8 Å². The zero-order valence-corrected chi connectivity index (χ0v) is 22.4. The molecule has 0 aliphatic carbocycles. The Morgan fingerprint density at radius 3 is 2.71 bits per heavy atom. The van der Waals surface area contributed by atoms with Gasteiger partial charge in [0.2, 0.25) is 11.9 Å². The standard InChI is InChI=1S/C27H26ClF3N6O4/c28-19-11-32-26(33-17-6-8-41-9-7-17)36-24(19)15-4-5-16-12-37(25(40)18(16)10-15)13-23(39)35-21(14-38)20-2-1-3-22(34-20)27(29,30)31/h1-5,10-11,17,21,38H,6-9,12-14H2,(H,35,39)(H,32,33,36). The molecule has 0 saturated carbocycles. The number of carbonyl (C=O) groups is 2. The Labute approximate surface area is 237 Å². The van der Waals surface area contributed by atoms with Crippen molar-refractivity contribution in [2.75, 3.05) is 31.7 Å². The lowest BCUT2D eigenvalue weighted by atomic mass is 10.0. The van der Waals surface area contributed by atoms with Crippen LogP contribution < -0.4 is 10.6 Å². The number of nitrogens with one attached hydrogen (secondary N) is 2. The number of nitrogens with zero attached hydrogens (tertiary/aromatic N) is 4. The highest BCUT2D eigenvalue weighted by atomic mass is 35.5. The number of aromatic nitrogens is 3. The molecule has 0 bridgehead atoms. The minimum atomic E-state index is -4.68. The Hall–Kier alpha value is -3.81. The Kier molecular flexibility index (Phi) is 8.38. The molecule has 5 rings (SSSR count). The van der Waals surface area contributed by atoms with Crippen molar-refractivity contribution in [1.82, 2.24) is 25.2 Å². The maximum absolute atomic E-state index is 13.2. The number of hydrogen-bond donors (Lipinski definition) is 3. The van der Waals surface area contributed by atoms with Crippen LogP contribution in [0.2, 0.25) is 5.02 Å². The van der Waals surface area contributed by atoms with Crippen LogP contribution in [0.15, 0.2) is 42.6 Å². The molecule has 1 aromatic carbocycles. The molecule has 3 aromatic rings. The van der Waals surface area contributed by atoms with Crippen LogP contribution in [-0.2, 0) is 22.3 Å². The smallest absolute Gasteiger partial charge is 0.394 e. The van der Waals surface area contributed by atoms with Gasteiger partial charge in [-0.3, -0.25) is 9.59 Å². The molecule has 1 unspecified atom stereocenters. The fourth-order valence-corrected chi connectivity index (χ4v) is 4.93. The number of fused-ring (bicyclic) bond motifs is 1. The molecule has 1 saturated heterocycles. The molecule has 2 aliphatic rings. The van der Waals surface area contributed by atoms with E-state index in [-0.39, 0.29) is 24.8 Å². The highest BCUT2D eigenvalue weighted by Gasteiger charge is 2.34. The lowest BCUT2D eigenvalue weighted by molar-refractivity contribution is -0.141. The Morgan fingerprint density at radius 2 is 1.98 bits per heavy atom. The predicted molar refractivity (Wildman–Crippen MR) is 142 cm³/mol. The summed E-state index contributed by atoms with van der Waals surface area (Å²) in [6.45, 7) is 0.417. The number of ether oxygens (including phenoxy) is 1.